The molecule has 1 fully saturated rings. The zero-order valence-corrected chi connectivity index (χ0v) is 7.66. The molecule has 1 aliphatic heterocycles. The Balaban J connectivity index is 2.14. The molecule has 0 aromatic carbocycles. The number of rotatable bonds is 1. The van der Waals surface area contributed by atoms with Crippen molar-refractivity contribution in [2.75, 3.05) is 12.3 Å². The molecule has 5 nitrogen and oxygen atoms in total. The van der Waals surface area contributed by atoms with Crippen LogP contribution < -0.4 is 5.73 Å². The largest absolute Gasteiger partial charge is 0.368 e. The summed E-state index contributed by atoms with van der Waals surface area (Å²) in [5.74, 6) is 1.07. The average molecular weight is 181 g/mol. The molecule has 0 atom stereocenters. The van der Waals surface area contributed by atoms with Gasteiger partial charge in [-0.25, -0.2) is 4.68 Å². The van der Waals surface area contributed by atoms with Gasteiger partial charge in [0.25, 0.3) is 0 Å². The second-order valence-electron chi connectivity index (χ2n) is 3.15. The minimum atomic E-state index is 0.427. The summed E-state index contributed by atoms with van der Waals surface area (Å²) in [6.07, 6.45) is 4.06. The van der Waals surface area contributed by atoms with Gasteiger partial charge < -0.3 is 10.5 Å². The summed E-state index contributed by atoms with van der Waals surface area (Å²) >= 11 is 0. The van der Waals surface area contributed by atoms with Crippen molar-refractivity contribution in [1.29, 1.82) is 0 Å². The molecule has 0 bridgehead atoms. The highest BCUT2D eigenvalue weighted by atomic mass is 16.5. The Bertz CT molecular complexity index is 271. The van der Waals surface area contributed by atoms with E-state index in [0.717, 1.165) is 32.0 Å². The fraction of sp³-hybridized carbons (Fsp3) is 0.625. The van der Waals surface area contributed by atoms with Crippen LogP contribution in [0.4, 0.5) is 5.95 Å². The van der Waals surface area contributed by atoms with E-state index in [-0.39, 0.29) is 0 Å². The maximum Gasteiger partial charge on any atom is 0.218 e. The Kier molecular flexibility index (Phi) is 2.18. The standard InChI is InChI=1S/C8H13N4O/c1-12-8(9)10-7(11-12)6-4-2-3-5-13-6/h2-5H2,1H3,(H2,9,10,11). The molecular weight excluding hydrogens is 168 g/mol. The topological polar surface area (TPSA) is 66.0 Å². The van der Waals surface area contributed by atoms with Crippen molar-refractivity contribution in [2.45, 2.75) is 19.3 Å². The van der Waals surface area contributed by atoms with E-state index in [2.05, 4.69) is 10.1 Å². The first-order valence-corrected chi connectivity index (χ1v) is 4.43. The number of hydrogen-bond donors (Lipinski definition) is 1. The molecule has 2 heterocycles. The van der Waals surface area contributed by atoms with Gasteiger partial charge in [0.05, 0.1) is 0 Å². The van der Waals surface area contributed by atoms with Gasteiger partial charge in [0, 0.05) is 13.7 Å². The Hall–Kier alpha value is -1.10. The first-order valence-electron chi connectivity index (χ1n) is 4.43. The van der Waals surface area contributed by atoms with E-state index >= 15 is 0 Å². The molecule has 0 spiro atoms. The fourth-order valence-electron chi connectivity index (χ4n) is 1.35. The Morgan fingerprint density at radius 3 is 2.85 bits per heavy atom. The van der Waals surface area contributed by atoms with Crippen molar-refractivity contribution >= 4 is 5.95 Å². The van der Waals surface area contributed by atoms with E-state index in [1.165, 1.54) is 0 Å². The summed E-state index contributed by atoms with van der Waals surface area (Å²) in [5, 5.41) is 4.15. The lowest BCUT2D eigenvalue weighted by Gasteiger charge is -2.17. The summed E-state index contributed by atoms with van der Waals surface area (Å²) < 4.78 is 7.01. The molecule has 71 valence electrons. The van der Waals surface area contributed by atoms with Gasteiger partial charge in [0.1, 0.15) is 0 Å². The SMILES string of the molecule is Cn1nc([C]2CCCCO2)nc1N. The van der Waals surface area contributed by atoms with Gasteiger partial charge in [-0.3, -0.25) is 0 Å². The minimum absolute atomic E-state index is 0.427. The number of nitrogens with two attached hydrogens (primary N) is 1. The van der Waals surface area contributed by atoms with Gasteiger partial charge in [-0.2, -0.15) is 10.1 Å². The van der Waals surface area contributed by atoms with Gasteiger partial charge in [-0.1, -0.05) is 0 Å². The minimum Gasteiger partial charge on any atom is -0.368 e. The lowest BCUT2D eigenvalue weighted by Crippen LogP contribution is -2.14. The summed E-state index contributed by atoms with van der Waals surface area (Å²) in [4.78, 5) is 4.10. The second-order valence-corrected chi connectivity index (χ2v) is 3.15. The van der Waals surface area contributed by atoms with Crippen LogP contribution in [0.15, 0.2) is 0 Å². The van der Waals surface area contributed by atoms with E-state index in [4.69, 9.17) is 10.5 Å². The van der Waals surface area contributed by atoms with E-state index in [1.807, 2.05) is 0 Å². The molecular formula is C8H13N4O. The maximum absolute atomic E-state index is 5.57. The van der Waals surface area contributed by atoms with E-state index in [0.29, 0.717) is 11.8 Å². The average Bonchev–Trinajstić information content (AvgIpc) is 2.49. The second kappa shape index (κ2) is 3.33. The van der Waals surface area contributed by atoms with Gasteiger partial charge in [-0.15, -0.1) is 0 Å². The molecule has 0 unspecified atom stereocenters. The maximum atomic E-state index is 5.57. The molecule has 1 aromatic heterocycles. The highest BCUT2D eigenvalue weighted by Gasteiger charge is 2.22. The molecule has 0 amide bonds. The number of aromatic nitrogens is 3. The molecule has 0 saturated carbocycles. The van der Waals surface area contributed by atoms with Crippen LogP contribution in [0.1, 0.15) is 25.1 Å². The van der Waals surface area contributed by atoms with Crippen LogP contribution >= 0.6 is 0 Å². The van der Waals surface area contributed by atoms with Crippen LogP contribution in [-0.4, -0.2) is 21.4 Å². The Morgan fingerprint density at radius 2 is 2.31 bits per heavy atom. The van der Waals surface area contributed by atoms with Gasteiger partial charge >= 0.3 is 0 Å². The van der Waals surface area contributed by atoms with Crippen LogP contribution in [0, 0.1) is 6.10 Å². The van der Waals surface area contributed by atoms with E-state index in [9.17, 15) is 0 Å². The summed E-state index contributed by atoms with van der Waals surface area (Å²) in [6.45, 7) is 0.771. The number of ether oxygens (including phenoxy) is 1. The van der Waals surface area contributed by atoms with Crippen molar-refractivity contribution < 1.29 is 4.74 Å². The number of nitrogens with zero attached hydrogens (tertiary/aromatic N) is 3. The summed E-state index contributed by atoms with van der Waals surface area (Å²) in [5.41, 5.74) is 5.57. The Morgan fingerprint density at radius 1 is 1.46 bits per heavy atom. The van der Waals surface area contributed by atoms with Gasteiger partial charge in [0.15, 0.2) is 11.9 Å². The van der Waals surface area contributed by atoms with Gasteiger partial charge in [-0.05, 0) is 19.3 Å². The molecule has 0 aliphatic carbocycles. The van der Waals surface area contributed by atoms with Crippen LogP contribution in [-0.2, 0) is 11.8 Å². The molecule has 1 saturated heterocycles. The molecule has 13 heavy (non-hydrogen) atoms. The monoisotopic (exact) mass is 181 g/mol. The molecule has 2 N–H and O–H groups in total. The first-order chi connectivity index (χ1) is 6.27. The van der Waals surface area contributed by atoms with Crippen molar-refractivity contribution in [3.8, 4) is 0 Å². The highest BCUT2D eigenvalue weighted by molar-refractivity contribution is 5.21. The van der Waals surface area contributed by atoms with Crippen LogP contribution in [0.5, 0.6) is 0 Å². The van der Waals surface area contributed by atoms with Crippen molar-refractivity contribution in [1.82, 2.24) is 14.8 Å². The highest BCUT2D eigenvalue weighted by Crippen LogP contribution is 2.24. The third kappa shape index (κ3) is 1.65. The van der Waals surface area contributed by atoms with Crippen LogP contribution in [0.3, 0.4) is 0 Å². The molecule has 5 heteroatoms. The van der Waals surface area contributed by atoms with Crippen molar-refractivity contribution in [3.05, 3.63) is 11.9 Å². The normalized spacial score (nSPS) is 19.2. The predicted molar refractivity (Wildman–Crippen MR) is 47.6 cm³/mol. The zero-order valence-electron chi connectivity index (χ0n) is 7.66. The predicted octanol–water partition coefficient (Wildman–Crippen LogP) is 0.478. The third-order valence-corrected chi connectivity index (χ3v) is 2.12. The number of hydrogen-bond acceptors (Lipinski definition) is 4. The summed E-state index contributed by atoms with van der Waals surface area (Å²) in [7, 11) is 1.77. The van der Waals surface area contributed by atoms with E-state index < -0.39 is 0 Å². The Labute approximate surface area is 76.9 Å². The van der Waals surface area contributed by atoms with Gasteiger partial charge in [0.2, 0.25) is 5.95 Å². The fourth-order valence-corrected chi connectivity index (χ4v) is 1.35. The summed E-state index contributed by atoms with van der Waals surface area (Å²) in [6, 6.07) is 0. The van der Waals surface area contributed by atoms with Crippen LogP contribution in [0.25, 0.3) is 0 Å². The van der Waals surface area contributed by atoms with Crippen molar-refractivity contribution in [2.24, 2.45) is 7.05 Å². The van der Waals surface area contributed by atoms with E-state index in [1.54, 1.807) is 11.7 Å². The first kappa shape index (κ1) is 8.50. The zero-order chi connectivity index (χ0) is 9.26. The smallest absolute Gasteiger partial charge is 0.218 e. The number of aryl methyl sites for hydroxylation is 1. The molecule has 2 rings (SSSR count). The number of anilines is 1. The third-order valence-electron chi connectivity index (χ3n) is 2.12. The quantitative estimate of drug-likeness (QED) is 0.684. The van der Waals surface area contributed by atoms with Crippen LogP contribution in [0.2, 0.25) is 0 Å². The lowest BCUT2D eigenvalue weighted by molar-refractivity contribution is 0.113. The molecule has 1 radical (unpaired) electrons. The lowest BCUT2D eigenvalue weighted by atomic mass is 10.1. The molecule has 1 aromatic rings. The number of nitrogen functional groups attached to an aromatic ring is 1. The molecule has 1 aliphatic rings. The van der Waals surface area contributed by atoms with Crippen molar-refractivity contribution in [3.63, 3.8) is 0 Å².